The molecule has 1 heterocycles. The quantitative estimate of drug-likeness (QED) is 0.913. The number of hydrogen-bond donors (Lipinski definition) is 1. The Morgan fingerprint density at radius 3 is 2.22 bits per heavy atom. The maximum Gasteiger partial charge on any atom is 0.227 e. The van der Waals surface area contributed by atoms with Crippen LogP contribution in [0.25, 0.3) is 0 Å². The third-order valence-corrected chi connectivity index (χ3v) is 4.37. The summed E-state index contributed by atoms with van der Waals surface area (Å²) in [5.74, 6) is -0.128. The van der Waals surface area contributed by atoms with E-state index < -0.39 is 0 Å². The second kappa shape index (κ2) is 8.89. The monoisotopic (exact) mass is 339 g/mol. The van der Waals surface area contributed by atoms with Gasteiger partial charge in [-0.05, 0) is 12.0 Å². The molecule has 0 radical (unpaired) electrons. The Hall–Kier alpha value is -1.59. The minimum atomic E-state index is -0.305. The molecule has 0 aromatic heterocycles. The molecule has 6 heteroatoms. The molecule has 0 aliphatic carbocycles. The fourth-order valence-electron chi connectivity index (χ4n) is 2.86. The van der Waals surface area contributed by atoms with Crippen LogP contribution in [0.3, 0.4) is 0 Å². The highest BCUT2D eigenvalue weighted by Crippen LogP contribution is 2.21. The molecule has 2 rings (SSSR count). The van der Waals surface area contributed by atoms with E-state index >= 15 is 0 Å². The Bertz CT molecular complexity index is 524. The molecule has 1 aliphatic rings. The number of benzene rings is 1. The number of nitrogens with two attached hydrogens (primary N) is 1. The first-order valence-corrected chi connectivity index (χ1v) is 7.85. The summed E-state index contributed by atoms with van der Waals surface area (Å²) in [6.45, 7) is 6.06. The number of carbonyl (C=O) groups is 2. The van der Waals surface area contributed by atoms with Crippen molar-refractivity contribution in [3.8, 4) is 0 Å². The maximum atomic E-state index is 12.7. The van der Waals surface area contributed by atoms with Crippen LogP contribution in [0.5, 0.6) is 0 Å². The van der Waals surface area contributed by atoms with E-state index in [0.717, 1.165) is 18.5 Å². The fourth-order valence-corrected chi connectivity index (χ4v) is 2.86. The van der Waals surface area contributed by atoms with Gasteiger partial charge in [-0.15, -0.1) is 12.4 Å². The van der Waals surface area contributed by atoms with Gasteiger partial charge in [0.25, 0.3) is 0 Å². The van der Waals surface area contributed by atoms with Crippen molar-refractivity contribution in [2.75, 3.05) is 26.2 Å². The zero-order chi connectivity index (χ0) is 16.1. The molecule has 1 aromatic rings. The summed E-state index contributed by atoms with van der Waals surface area (Å²) in [5.41, 5.74) is 7.22. The SMILES string of the molecule is CC(=O)N1CCCN(C(=O)C(C)C(N)c2ccccc2)CC1.Cl. The van der Waals surface area contributed by atoms with Gasteiger partial charge in [-0.25, -0.2) is 0 Å². The molecule has 1 fully saturated rings. The molecule has 1 aromatic carbocycles. The summed E-state index contributed by atoms with van der Waals surface area (Å²) in [6.07, 6.45) is 0.818. The van der Waals surface area contributed by atoms with Crippen molar-refractivity contribution in [1.82, 2.24) is 9.80 Å². The van der Waals surface area contributed by atoms with E-state index in [0.29, 0.717) is 19.6 Å². The molecule has 2 amide bonds. The van der Waals surface area contributed by atoms with Crippen molar-refractivity contribution in [3.05, 3.63) is 35.9 Å². The van der Waals surface area contributed by atoms with E-state index in [1.807, 2.05) is 42.2 Å². The van der Waals surface area contributed by atoms with E-state index in [-0.39, 0.29) is 36.2 Å². The molecule has 2 N–H and O–H groups in total. The summed E-state index contributed by atoms with van der Waals surface area (Å²) in [4.78, 5) is 27.8. The summed E-state index contributed by atoms with van der Waals surface area (Å²) < 4.78 is 0. The van der Waals surface area contributed by atoms with Crippen LogP contribution < -0.4 is 5.73 Å². The third-order valence-electron chi connectivity index (χ3n) is 4.37. The van der Waals surface area contributed by atoms with E-state index in [2.05, 4.69) is 0 Å². The van der Waals surface area contributed by atoms with Gasteiger partial charge in [0.15, 0.2) is 0 Å². The second-order valence-electron chi connectivity index (χ2n) is 5.91. The lowest BCUT2D eigenvalue weighted by atomic mass is 9.94. The van der Waals surface area contributed by atoms with Crippen molar-refractivity contribution in [1.29, 1.82) is 0 Å². The van der Waals surface area contributed by atoms with Crippen LogP contribution in [-0.2, 0) is 9.59 Å². The summed E-state index contributed by atoms with van der Waals surface area (Å²) in [5, 5.41) is 0. The van der Waals surface area contributed by atoms with E-state index in [1.54, 1.807) is 11.8 Å². The van der Waals surface area contributed by atoms with Crippen LogP contribution in [-0.4, -0.2) is 47.8 Å². The molecule has 1 saturated heterocycles. The number of amides is 2. The Labute approximate surface area is 144 Å². The van der Waals surface area contributed by atoms with Crippen LogP contribution >= 0.6 is 12.4 Å². The average Bonchev–Trinajstić information content (AvgIpc) is 2.79. The lowest BCUT2D eigenvalue weighted by Gasteiger charge is -2.27. The van der Waals surface area contributed by atoms with Gasteiger partial charge < -0.3 is 15.5 Å². The van der Waals surface area contributed by atoms with E-state index in [9.17, 15) is 9.59 Å². The van der Waals surface area contributed by atoms with Crippen molar-refractivity contribution in [2.45, 2.75) is 26.3 Å². The molecular weight excluding hydrogens is 314 g/mol. The molecule has 5 nitrogen and oxygen atoms in total. The lowest BCUT2D eigenvalue weighted by Crippen LogP contribution is -2.41. The van der Waals surface area contributed by atoms with Gasteiger partial charge in [-0.1, -0.05) is 37.3 Å². The van der Waals surface area contributed by atoms with Crippen LogP contribution in [0.15, 0.2) is 30.3 Å². The average molecular weight is 340 g/mol. The van der Waals surface area contributed by atoms with Crippen molar-refractivity contribution >= 4 is 24.2 Å². The van der Waals surface area contributed by atoms with Gasteiger partial charge in [0.2, 0.25) is 11.8 Å². The van der Waals surface area contributed by atoms with Crippen LogP contribution in [0.4, 0.5) is 0 Å². The number of nitrogens with zero attached hydrogens (tertiary/aromatic N) is 2. The predicted octanol–water partition coefficient (Wildman–Crippen LogP) is 1.83. The van der Waals surface area contributed by atoms with Crippen LogP contribution in [0.1, 0.15) is 31.9 Å². The second-order valence-corrected chi connectivity index (χ2v) is 5.91. The zero-order valence-electron chi connectivity index (χ0n) is 13.8. The highest BCUT2D eigenvalue weighted by atomic mass is 35.5. The summed E-state index contributed by atoms with van der Waals surface area (Å²) in [7, 11) is 0. The lowest BCUT2D eigenvalue weighted by molar-refractivity contribution is -0.136. The molecule has 2 unspecified atom stereocenters. The number of carbonyl (C=O) groups excluding carboxylic acids is 2. The summed E-state index contributed by atoms with van der Waals surface area (Å²) >= 11 is 0. The van der Waals surface area contributed by atoms with E-state index in [1.165, 1.54) is 0 Å². The molecule has 1 aliphatic heterocycles. The van der Waals surface area contributed by atoms with Crippen molar-refractivity contribution < 1.29 is 9.59 Å². The molecule has 23 heavy (non-hydrogen) atoms. The largest absolute Gasteiger partial charge is 0.341 e. The molecule has 0 bridgehead atoms. The summed E-state index contributed by atoms with van der Waals surface area (Å²) in [6, 6.07) is 9.41. The Morgan fingerprint density at radius 2 is 1.61 bits per heavy atom. The Kier molecular flexibility index (Phi) is 7.52. The molecular formula is C17H26ClN3O2. The van der Waals surface area contributed by atoms with Gasteiger partial charge in [0.05, 0.1) is 5.92 Å². The van der Waals surface area contributed by atoms with E-state index in [4.69, 9.17) is 5.73 Å². The van der Waals surface area contributed by atoms with Crippen molar-refractivity contribution in [2.24, 2.45) is 11.7 Å². The maximum absolute atomic E-state index is 12.7. The van der Waals surface area contributed by atoms with Gasteiger partial charge in [-0.2, -0.15) is 0 Å². The fraction of sp³-hybridized carbons (Fsp3) is 0.529. The normalized spacial score (nSPS) is 17.7. The predicted molar refractivity (Wildman–Crippen MR) is 93.2 cm³/mol. The Balaban J connectivity index is 0.00000264. The van der Waals surface area contributed by atoms with Gasteiger partial charge >= 0.3 is 0 Å². The molecule has 0 saturated carbocycles. The minimum Gasteiger partial charge on any atom is -0.341 e. The smallest absolute Gasteiger partial charge is 0.227 e. The van der Waals surface area contributed by atoms with Gasteiger partial charge in [0.1, 0.15) is 0 Å². The third kappa shape index (κ3) is 4.94. The van der Waals surface area contributed by atoms with Crippen LogP contribution in [0.2, 0.25) is 0 Å². The first-order valence-electron chi connectivity index (χ1n) is 7.85. The van der Waals surface area contributed by atoms with Crippen LogP contribution in [0, 0.1) is 5.92 Å². The first-order chi connectivity index (χ1) is 10.5. The topological polar surface area (TPSA) is 66.6 Å². The standard InChI is InChI=1S/C17H25N3O2.ClH/c1-13(16(18)15-7-4-3-5-8-15)17(22)20-10-6-9-19(11-12-20)14(2)21;/h3-5,7-8,13,16H,6,9-12,18H2,1-2H3;1H. The molecule has 128 valence electrons. The van der Waals surface area contributed by atoms with Gasteiger partial charge in [-0.3, -0.25) is 9.59 Å². The minimum absolute atomic E-state index is 0. The zero-order valence-corrected chi connectivity index (χ0v) is 14.6. The first kappa shape index (κ1) is 19.5. The Morgan fingerprint density at radius 1 is 1.04 bits per heavy atom. The number of halogens is 1. The molecule has 2 atom stereocenters. The highest BCUT2D eigenvalue weighted by Gasteiger charge is 2.28. The van der Waals surface area contributed by atoms with Gasteiger partial charge in [0, 0.05) is 39.1 Å². The molecule has 0 spiro atoms. The highest BCUT2D eigenvalue weighted by molar-refractivity contribution is 5.85. The van der Waals surface area contributed by atoms with Crippen molar-refractivity contribution in [3.63, 3.8) is 0 Å². The number of rotatable bonds is 3. The number of hydrogen-bond acceptors (Lipinski definition) is 3.